The minimum Gasteiger partial charge on any atom is -0.368 e. The first-order chi connectivity index (χ1) is 10.6. The smallest absolute Gasteiger partial charge is 0.251 e. The van der Waals surface area contributed by atoms with Crippen LogP contribution in [0.15, 0.2) is 24.3 Å². The lowest BCUT2D eigenvalue weighted by molar-refractivity contribution is -0.117. The number of amides is 2. The number of primary amides is 1. The molecule has 1 aromatic rings. The van der Waals surface area contributed by atoms with Crippen LogP contribution in [0.2, 0.25) is 0 Å². The maximum absolute atomic E-state index is 11.9. The van der Waals surface area contributed by atoms with Gasteiger partial charge in [-0.1, -0.05) is 12.1 Å². The lowest BCUT2D eigenvalue weighted by Crippen LogP contribution is -2.33. The average molecular weight is 301 g/mol. The van der Waals surface area contributed by atoms with E-state index in [1.54, 1.807) is 0 Å². The fraction of sp³-hybridized carbons (Fsp3) is 0.529. The van der Waals surface area contributed by atoms with Crippen LogP contribution in [0.4, 0.5) is 0 Å². The molecule has 3 N–H and O–H groups in total. The molecular weight excluding hydrogens is 278 g/mol. The van der Waals surface area contributed by atoms with E-state index < -0.39 is 5.91 Å². The predicted octanol–water partition coefficient (Wildman–Crippen LogP) is 1.03. The Morgan fingerprint density at radius 3 is 2.32 bits per heavy atom. The van der Waals surface area contributed by atoms with Crippen LogP contribution in [0.25, 0.3) is 0 Å². The van der Waals surface area contributed by atoms with Crippen molar-refractivity contribution in [3.63, 3.8) is 0 Å². The van der Waals surface area contributed by atoms with Crippen molar-refractivity contribution < 1.29 is 9.59 Å². The number of carbonyl (C=O) groups is 2. The molecule has 0 unspecified atom stereocenters. The maximum Gasteiger partial charge on any atom is 0.251 e. The van der Waals surface area contributed by atoms with E-state index in [-0.39, 0.29) is 12.5 Å². The summed E-state index contributed by atoms with van der Waals surface area (Å²) in [6.45, 7) is 3.45. The molecule has 3 rings (SSSR count). The van der Waals surface area contributed by atoms with Gasteiger partial charge in [0.25, 0.3) is 5.91 Å². The number of benzene rings is 1. The van der Waals surface area contributed by atoms with Gasteiger partial charge >= 0.3 is 0 Å². The van der Waals surface area contributed by atoms with E-state index in [9.17, 15) is 9.59 Å². The van der Waals surface area contributed by atoms with Crippen molar-refractivity contribution in [1.29, 1.82) is 0 Å². The number of carbonyl (C=O) groups excluding carboxylic acids is 2. The molecule has 2 fully saturated rings. The number of nitrogens with zero attached hydrogens (tertiary/aromatic N) is 1. The Balaban J connectivity index is 1.63. The van der Waals surface area contributed by atoms with Crippen LogP contribution in [0, 0.1) is 0 Å². The van der Waals surface area contributed by atoms with Crippen LogP contribution in [-0.2, 0) is 10.2 Å². The molecule has 0 aromatic heterocycles. The van der Waals surface area contributed by atoms with Gasteiger partial charge in [0.05, 0.1) is 6.54 Å². The normalized spacial score (nSPS) is 19.8. The van der Waals surface area contributed by atoms with E-state index in [0.29, 0.717) is 11.0 Å². The number of hydrogen-bond acceptors (Lipinski definition) is 3. The summed E-state index contributed by atoms with van der Waals surface area (Å²) >= 11 is 0. The third-order valence-corrected chi connectivity index (χ3v) is 4.76. The van der Waals surface area contributed by atoms with Crippen LogP contribution >= 0.6 is 0 Å². The summed E-state index contributed by atoms with van der Waals surface area (Å²) in [5.74, 6) is -0.790. The highest BCUT2D eigenvalue weighted by atomic mass is 16.2. The molecule has 0 radical (unpaired) electrons. The molecule has 0 bridgehead atoms. The summed E-state index contributed by atoms with van der Waals surface area (Å²) in [5, 5.41) is 2.51. The standard InChI is InChI=1S/C17H23N3O2/c18-15(21)11-19-16(22)13-3-5-14(6-4-13)17(7-8-17)12-20-9-1-2-10-20/h3-6H,1-2,7-12H2,(H2,18,21)(H,19,22). The van der Waals surface area contributed by atoms with Gasteiger partial charge in [-0.05, 0) is 56.5 Å². The van der Waals surface area contributed by atoms with Gasteiger partial charge in [0.2, 0.25) is 5.91 Å². The molecule has 0 atom stereocenters. The number of likely N-dealkylation sites (tertiary alicyclic amines) is 1. The molecule has 5 nitrogen and oxygen atoms in total. The van der Waals surface area contributed by atoms with Crippen molar-refractivity contribution in [2.24, 2.45) is 5.73 Å². The molecule has 0 spiro atoms. The molecule has 1 heterocycles. The van der Waals surface area contributed by atoms with Gasteiger partial charge in [-0.15, -0.1) is 0 Å². The van der Waals surface area contributed by atoms with E-state index in [1.165, 1.54) is 44.3 Å². The van der Waals surface area contributed by atoms with Gasteiger partial charge < -0.3 is 16.0 Å². The molecule has 5 heteroatoms. The number of rotatable bonds is 6. The zero-order valence-electron chi connectivity index (χ0n) is 12.8. The quantitative estimate of drug-likeness (QED) is 0.824. The first kappa shape index (κ1) is 15.0. The van der Waals surface area contributed by atoms with Crippen LogP contribution < -0.4 is 11.1 Å². The first-order valence-corrected chi connectivity index (χ1v) is 7.98. The third kappa shape index (κ3) is 3.30. The predicted molar refractivity (Wildman–Crippen MR) is 84.6 cm³/mol. The van der Waals surface area contributed by atoms with Crippen LogP contribution in [0.5, 0.6) is 0 Å². The Hall–Kier alpha value is -1.88. The van der Waals surface area contributed by atoms with Gasteiger partial charge in [0.15, 0.2) is 0 Å². The van der Waals surface area contributed by atoms with Crippen molar-refractivity contribution in [2.75, 3.05) is 26.2 Å². The van der Waals surface area contributed by atoms with Gasteiger partial charge in [-0.25, -0.2) is 0 Å². The van der Waals surface area contributed by atoms with E-state index in [2.05, 4.69) is 22.3 Å². The maximum atomic E-state index is 11.9. The molecule has 1 aliphatic carbocycles. The summed E-state index contributed by atoms with van der Waals surface area (Å²) in [6, 6.07) is 7.80. The monoisotopic (exact) mass is 301 g/mol. The topological polar surface area (TPSA) is 75.4 Å². The summed E-state index contributed by atoms with van der Waals surface area (Å²) < 4.78 is 0. The van der Waals surface area contributed by atoms with Crippen molar-refractivity contribution >= 4 is 11.8 Å². The summed E-state index contributed by atoms with van der Waals surface area (Å²) in [5.41, 5.74) is 7.22. The second-order valence-corrected chi connectivity index (χ2v) is 6.49. The molecular formula is C17H23N3O2. The molecule has 118 valence electrons. The Morgan fingerprint density at radius 2 is 1.77 bits per heavy atom. The number of nitrogens with two attached hydrogens (primary N) is 1. The zero-order chi connectivity index (χ0) is 15.6. The molecule has 2 amide bonds. The zero-order valence-corrected chi connectivity index (χ0v) is 12.8. The summed E-state index contributed by atoms with van der Waals surface area (Å²) in [4.78, 5) is 25.1. The van der Waals surface area contributed by atoms with Crippen molar-refractivity contribution in [3.05, 3.63) is 35.4 Å². The van der Waals surface area contributed by atoms with E-state index in [4.69, 9.17) is 5.73 Å². The minimum atomic E-state index is -0.535. The number of nitrogens with one attached hydrogen (secondary N) is 1. The van der Waals surface area contributed by atoms with Gasteiger partial charge in [-0.2, -0.15) is 0 Å². The highest BCUT2D eigenvalue weighted by Crippen LogP contribution is 2.49. The largest absolute Gasteiger partial charge is 0.368 e. The van der Waals surface area contributed by atoms with E-state index >= 15 is 0 Å². The lowest BCUT2D eigenvalue weighted by Gasteiger charge is -2.23. The Kier molecular flexibility index (Phi) is 4.16. The van der Waals surface area contributed by atoms with Gasteiger partial charge in [0.1, 0.15) is 0 Å². The summed E-state index contributed by atoms with van der Waals surface area (Å²) in [7, 11) is 0. The van der Waals surface area contributed by atoms with Crippen molar-refractivity contribution in [3.8, 4) is 0 Å². The third-order valence-electron chi connectivity index (χ3n) is 4.76. The fourth-order valence-electron chi connectivity index (χ4n) is 3.30. The minimum absolute atomic E-state index is 0.126. The van der Waals surface area contributed by atoms with Gasteiger partial charge in [-0.3, -0.25) is 9.59 Å². The SMILES string of the molecule is NC(=O)CNC(=O)c1ccc(C2(CN3CCCC3)CC2)cc1. The average Bonchev–Trinajstić information content (AvgIpc) is 3.11. The molecule has 1 aliphatic heterocycles. The van der Waals surface area contributed by atoms with E-state index in [1.807, 2.05) is 12.1 Å². The van der Waals surface area contributed by atoms with Crippen LogP contribution in [0.3, 0.4) is 0 Å². The van der Waals surface area contributed by atoms with Crippen molar-refractivity contribution in [2.45, 2.75) is 31.1 Å². The van der Waals surface area contributed by atoms with Gasteiger partial charge in [0, 0.05) is 17.5 Å². The Morgan fingerprint density at radius 1 is 1.14 bits per heavy atom. The molecule has 1 aromatic carbocycles. The molecule has 1 saturated carbocycles. The highest BCUT2D eigenvalue weighted by Gasteiger charge is 2.45. The van der Waals surface area contributed by atoms with Crippen molar-refractivity contribution in [1.82, 2.24) is 10.2 Å². The Labute approximate surface area is 130 Å². The molecule has 1 saturated heterocycles. The van der Waals surface area contributed by atoms with E-state index in [0.717, 1.165) is 6.54 Å². The second kappa shape index (κ2) is 6.08. The highest BCUT2D eigenvalue weighted by molar-refractivity contribution is 5.96. The number of hydrogen-bond donors (Lipinski definition) is 2. The summed E-state index contributed by atoms with van der Waals surface area (Å²) in [6.07, 6.45) is 5.09. The van der Waals surface area contributed by atoms with Crippen LogP contribution in [0.1, 0.15) is 41.6 Å². The second-order valence-electron chi connectivity index (χ2n) is 6.49. The fourth-order valence-corrected chi connectivity index (χ4v) is 3.30. The lowest BCUT2D eigenvalue weighted by atomic mass is 9.94. The molecule has 22 heavy (non-hydrogen) atoms. The molecule has 2 aliphatic rings. The van der Waals surface area contributed by atoms with Crippen LogP contribution in [-0.4, -0.2) is 42.9 Å². The Bertz CT molecular complexity index is 558. The first-order valence-electron chi connectivity index (χ1n) is 7.98.